The minimum absolute atomic E-state index is 0.259. The van der Waals surface area contributed by atoms with Crippen LogP contribution in [-0.2, 0) is 4.74 Å². The van der Waals surface area contributed by atoms with Gasteiger partial charge in [-0.15, -0.1) is 6.58 Å². The van der Waals surface area contributed by atoms with Crippen molar-refractivity contribution in [2.75, 3.05) is 13.2 Å². The third-order valence-electron chi connectivity index (χ3n) is 3.01. The van der Waals surface area contributed by atoms with E-state index < -0.39 is 6.09 Å². The lowest BCUT2D eigenvalue weighted by atomic mass is 10.3. The molecule has 0 spiro atoms. The van der Waals surface area contributed by atoms with Crippen LogP contribution in [0.4, 0.5) is 4.79 Å². The Kier molecular flexibility index (Phi) is 6.76. The van der Waals surface area contributed by atoms with Gasteiger partial charge in [0.2, 0.25) is 5.88 Å². The second-order valence-corrected chi connectivity index (χ2v) is 4.95. The van der Waals surface area contributed by atoms with Gasteiger partial charge in [-0.3, -0.25) is 0 Å². The standard InChI is InChI=1S/C18H21N3O3/c1-3-5-12-24-18(22)20-15-13-17(23-11-4-2)21(19-14-15)16-9-7-6-8-10-16/h3,6-10,13-14H,1,4-5,11-12H2,2H3. The van der Waals surface area contributed by atoms with Crippen molar-refractivity contribution in [1.82, 2.24) is 9.78 Å². The molecule has 0 aliphatic heterocycles. The number of benzene rings is 1. The number of nitrogens with zero attached hydrogens (tertiary/aromatic N) is 3. The minimum atomic E-state index is -0.655. The maximum atomic E-state index is 11.7. The molecule has 2 rings (SSSR count). The minimum Gasteiger partial charge on any atom is -0.478 e. The molecule has 0 bridgehead atoms. The van der Waals surface area contributed by atoms with Crippen molar-refractivity contribution in [2.24, 2.45) is 4.99 Å². The van der Waals surface area contributed by atoms with Gasteiger partial charge in [-0.1, -0.05) is 31.2 Å². The summed E-state index contributed by atoms with van der Waals surface area (Å²) in [6.45, 7) is 6.39. The SMILES string of the molecule is C=CCCOC(=O)N=c1cnn(-c2ccccc2)c(OCCC)c1. The molecule has 1 aromatic heterocycles. The molecule has 6 nitrogen and oxygen atoms in total. The lowest BCUT2D eigenvalue weighted by molar-refractivity contribution is 0.158. The van der Waals surface area contributed by atoms with Crippen LogP contribution in [0.5, 0.6) is 5.88 Å². The van der Waals surface area contributed by atoms with Gasteiger partial charge in [0.1, 0.15) is 0 Å². The molecule has 0 radical (unpaired) electrons. The number of hydrogen-bond donors (Lipinski definition) is 0. The Morgan fingerprint density at radius 3 is 2.83 bits per heavy atom. The average molecular weight is 327 g/mol. The highest BCUT2D eigenvalue weighted by Crippen LogP contribution is 2.14. The molecule has 1 aromatic carbocycles. The fraction of sp³-hybridized carbons (Fsp3) is 0.278. The molecule has 0 unspecified atom stereocenters. The van der Waals surface area contributed by atoms with Gasteiger partial charge in [-0.05, 0) is 25.0 Å². The maximum Gasteiger partial charge on any atom is 0.434 e. The fourth-order valence-corrected chi connectivity index (χ4v) is 1.90. The van der Waals surface area contributed by atoms with Gasteiger partial charge in [-0.2, -0.15) is 10.1 Å². The Hall–Kier alpha value is -2.89. The average Bonchev–Trinajstić information content (AvgIpc) is 2.61. The highest BCUT2D eigenvalue weighted by atomic mass is 16.5. The van der Waals surface area contributed by atoms with E-state index in [2.05, 4.69) is 16.7 Å². The Bertz CT molecular complexity index is 739. The summed E-state index contributed by atoms with van der Waals surface area (Å²) in [7, 11) is 0. The second-order valence-electron chi connectivity index (χ2n) is 4.95. The quantitative estimate of drug-likeness (QED) is 0.578. The predicted molar refractivity (Wildman–Crippen MR) is 91.1 cm³/mol. The van der Waals surface area contributed by atoms with E-state index in [1.54, 1.807) is 16.8 Å². The molecule has 6 heteroatoms. The molecule has 24 heavy (non-hydrogen) atoms. The number of aromatic nitrogens is 2. The van der Waals surface area contributed by atoms with Crippen LogP contribution >= 0.6 is 0 Å². The van der Waals surface area contributed by atoms with Crippen molar-refractivity contribution in [3.8, 4) is 11.6 Å². The van der Waals surface area contributed by atoms with Crippen LogP contribution in [0.15, 0.2) is 60.2 Å². The van der Waals surface area contributed by atoms with E-state index in [0.29, 0.717) is 24.3 Å². The number of hydrogen-bond acceptors (Lipinski definition) is 4. The van der Waals surface area contributed by atoms with Crippen LogP contribution in [0.1, 0.15) is 19.8 Å². The van der Waals surface area contributed by atoms with Crippen molar-refractivity contribution in [2.45, 2.75) is 19.8 Å². The van der Waals surface area contributed by atoms with Crippen LogP contribution in [0.3, 0.4) is 0 Å². The first-order chi connectivity index (χ1) is 11.7. The van der Waals surface area contributed by atoms with Crippen LogP contribution in [0, 0.1) is 0 Å². The molecule has 2 aromatic rings. The second kappa shape index (κ2) is 9.29. The molecular formula is C18H21N3O3. The summed E-state index contributed by atoms with van der Waals surface area (Å²) in [4.78, 5) is 15.6. The first-order valence-electron chi connectivity index (χ1n) is 7.84. The summed E-state index contributed by atoms with van der Waals surface area (Å²) in [5.41, 5.74) is 0.865. The fourth-order valence-electron chi connectivity index (χ4n) is 1.90. The Morgan fingerprint density at radius 1 is 1.33 bits per heavy atom. The van der Waals surface area contributed by atoms with Gasteiger partial charge < -0.3 is 9.47 Å². The summed E-state index contributed by atoms with van der Waals surface area (Å²) < 4.78 is 12.4. The first kappa shape index (κ1) is 17.5. The molecule has 0 aliphatic carbocycles. The molecular weight excluding hydrogens is 306 g/mol. The first-order valence-corrected chi connectivity index (χ1v) is 7.84. The Labute approximate surface area is 141 Å². The monoisotopic (exact) mass is 327 g/mol. The van der Waals surface area contributed by atoms with Gasteiger partial charge in [0.05, 0.1) is 30.5 Å². The van der Waals surface area contributed by atoms with Crippen LogP contribution in [0.25, 0.3) is 5.69 Å². The van der Waals surface area contributed by atoms with E-state index in [-0.39, 0.29) is 6.61 Å². The zero-order valence-electron chi connectivity index (χ0n) is 13.7. The Balaban J connectivity index is 2.29. The largest absolute Gasteiger partial charge is 0.478 e. The smallest absolute Gasteiger partial charge is 0.434 e. The molecule has 0 N–H and O–H groups in total. The van der Waals surface area contributed by atoms with E-state index in [0.717, 1.165) is 12.1 Å². The molecule has 0 atom stereocenters. The molecule has 126 valence electrons. The number of ether oxygens (including phenoxy) is 2. The topological polar surface area (TPSA) is 65.7 Å². The van der Waals surface area contributed by atoms with Gasteiger partial charge >= 0.3 is 6.09 Å². The van der Waals surface area contributed by atoms with Gasteiger partial charge in [0.25, 0.3) is 0 Å². The van der Waals surface area contributed by atoms with E-state index in [4.69, 9.17) is 9.47 Å². The zero-order valence-corrected chi connectivity index (χ0v) is 13.7. The number of amides is 1. The zero-order chi connectivity index (χ0) is 17.2. The molecule has 0 aliphatic rings. The molecule has 1 heterocycles. The van der Waals surface area contributed by atoms with Gasteiger partial charge in [-0.25, -0.2) is 9.48 Å². The summed E-state index contributed by atoms with van der Waals surface area (Å²) in [6.07, 6.45) is 3.97. The number of carbonyl (C=O) groups is 1. The summed E-state index contributed by atoms with van der Waals surface area (Å²) in [5, 5.41) is 4.71. The Morgan fingerprint density at radius 2 is 2.12 bits per heavy atom. The number of para-hydroxylation sites is 1. The van der Waals surface area contributed by atoms with Gasteiger partial charge in [0.15, 0.2) is 0 Å². The van der Waals surface area contributed by atoms with Gasteiger partial charge in [0, 0.05) is 6.07 Å². The third-order valence-corrected chi connectivity index (χ3v) is 3.01. The van der Waals surface area contributed by atoms with Crippen molar-refractivity contribution in [3.05, 3.63) is 60.6 Å². The van der Waals surface area contributed by atoms with Crippen LogP contribution in [0.2, 0.25) is 0 Å². The number of carbonyl (C=O) groups excluding carboxylic acids is 1. The van der Waals surface area contributed by atoms with E-state index in [1.165, 1.54) is 6.20 Å². The van der Waals surface area contributed by atoms with Crippen molar-refractivity contribution < 1.29 is 14.3 Å². The summed E-state index contributed by atoms with van der Waals surface area (Å²) in [5.74, 6) is 0.517. The molecule has 0 fully saturated rings. The highest BCUT2D eigenvalue weighted by Gasteiger charge is 2.06. The highest BCUT2D eigenvalue weighted by molar-refractivity contribution is 5.68. The van der Waals surface area contributed by atoms with Crippen LogP contribution < -0.4 is 10.1 Å². The summed E-state index contributed by atoms with van der Waals surface area (Å²) in [6, 6.07) is 11.3. The molecule has 0 saturated heterocycles. The lowest BCUT2D eigenvalue weighted by Crippen LogP contribution is -2.16. The van der Waals surface area contributed by atoms with E-state index >= 15 is 0 Å². The third kappa shape index (κ3) is 5.08. The van der Waals surface area contributed by atoms with E-state index in [9.17, 15) is 4.79 Å². The lowest BCUT2D eigenvalue weighted by Gasteiger charge is -2.12. The number of rotatable bonds is 7. The van der Waals surface area contributed by atoms with Crippen molar-refractivity contribution in [3.63, 3.8) is 0 Å². The van der Waals surface area contributed by atoms with Crippen LogP contribution in [-0.4, -0.2) is 29.1 Å². The predicted octanol–water partition coefficient (Wildman–Crippen LogP) is 3.27. The summed E-state index contributed by atoms with van der Waals surface area (Å²) >= 11 is 0. The van der Waals surface area contributed by atoms with E-state index in [1.807, 2.05) is 37.3 Å². The van der Waals surface area contributed by atoms with Crippen molar-refractivity contribution in [1.29, 1.82) is 0 Å². The molecule has 1 amide bonds. The van der Waals surface area contributed by atoms with Crippen molar-refractivity contribution >= 4 is 6.09 Å². The molecule has 0 saturated carbocycles. The normalized spacial score (nSPS) is 11.1. The maximum absolute atomic E-state index is 11.7.